The SMILES string of the molecule is COC1CCCN(C(=O)c2csc(CCN)n2)C1.Cl. The first-order valence-electron chi connectivity index (χ1n) is 6.21. The summed E-state index contributed by atoms with van der Waals surface area (Å²) in [5.74, 6) is 0.0104. The number of thiazole rings is 1. The monoisotopic (exact) mass is 305 g/mol. The summed E-state index contributed by atoms with van der Waals surface area (Å²) >= 11 is 1.50. The minimum absolute atomic E-state index is 0. The number of nitrogens with zero attached hydrogens (tertiary/aromatic N) is 2. The molecule has 0 radical (unpaired) electrons. The molecule has 1 atom stereocenters. The van der Waals surface area contributed by atoms with Crippen LogP contribution in [0, 0.1) is 0 Å². The van der Waals surface area contributed by atoms with Crippen LogP contribution in [0.15, 0.2) is 5.38 Å². The average molecular weight is 306 g/mol. The van der Waals surface area contributed by atoms with Gasteiger partial charge in [-0.15, -0.1) is 23.7 Å². The largest absolute Gasteiger partial charge is 0.380 e. The van der Waals surface area contributed by atoms with Crippen molar-refractivity contribution in [2.24, 2.45) is 5.73 Å². The van der Waals surface area contributed by atoms with Crippen molar-refractivity contribution in [2.45, 2.75) is 25.4 Å². The Morgan fingerprint density at radius 3 is 3.16 bits per heavy atom. The molecule has 2 rings (SSSR count). The van der Waals surface area contributed by atoms with Crippen LogP contribution in [0.5, 0.6) is 0 Å². The van der Waals surface area contributed by atoms with E-state index in [1.165, 1.54) is 11.3 Å². The zero-order chi connectivity index (χ0) is 13.0. The van der Waals surface area contributed by atoms with E-state index in [9.17, 15) is 4.79 Å². The number of carbonyl (C=O) groups excluding carboxylic acids is 1. The highest BCUT2D eigenvalue weighted by molar-refractivity contribution is 7.09. The van der Waals surface area contributed by atoms with Crippen LogP contribution in [0.1, 0.15) is 28.3 Å². The Morgan fingerprint density at radius 1 is 1.68 bits per heavy atom. The Bertz CT molecular complexity index is 413. The van der Waals surface area contributed by atoms with Crippen molar-refractivity contribution in [1.82, 2.24) is 9.88 Å². The molecule has 1 amide bonds. The van der Waals surface area contributed by atoms with Crippen LogP contribution in [-0.4, -0.2) is 48.6 Å². The van der Waals surface area contributed by atoms with Crippen molar-refractivity contribution in [2.75, 3.05) is 26.7 Å². The number of amides is 1. The molecule has 1 saturated heterocycles. The van der Waals surface area contributed by atoms with Gasteiger partial charge in [0.25, 0.3) is 5.91 Å². The minimum Gasteiger partial charge on any atom is -0.380 e. The third-order valence-corrected chi connectivity index (χ3v) is 4.04. The molecule has 1 unspecified atom stereocenters. The van der Waals surface area contributed by atoms with Gasteiger partial charge in [-0.1, -0.05) is 0 Å². The molecule has 2 heterocycles. The fourth-order valence-electron chi connectivity index (χ4n) is 2.12. The van der Waals surface area contributed by atoms with E-state index in [0.717, 1.165) is 30.8 Å². The molecule has 19 heavy (non-hydrogen) atoms. The number of nitrogens with two attached hydrogens (primary N) is 1. The number of hydrogen-bond acceptors (Lipinski definition) is 5. The second-order valence-electron chi connectivity index (χ2n) is 4.42. The Hall–Kier alpha value is -0.690. The molecule has 2 N–H and O–H groups in total. The first kappa shape index (κ1) is 16.4. The first-order chi connectivity index (χ1) is 8.74. The smallest absolute Gasteiger partial charge is 0.273 e. The molecule has 0 aliphatic carbocycles. The maximum absolute atomic E-state index is 12.3. The zero-order valence-electron chi connectivity index (χ0n) is 11.0. The predicted octanol–water partition coefficient (Wildman–Crippen LogP) is 1.32. The molecule has 0 aromatic carbocycles. The molecule has 0 saturated carbocycles. The lowest BCUT2D eigenvalue weighted by atomic mass is 10.1. The second-order valence-corrected chi connectivity index (χ2v) is 5.36. The van der Waals surface area contributed by atoms with Gasteiger partial charge in [-0.3, -0.25) is 4.79 Å². The number of carbonyl (C=O) groups is 1. The van der Waals surface area contributed by atoms with Crippen LogP contribution in [0.4, 0.5) is 0 Å². The summed E-state index contributed by atoms with van der Waals surface area (Å²) in [5.41, 5.74) is 6.02. The van der Waals surface area contributed by atoms with Gasteiger partial charge in [0.05, 0.1) is 11.1 Å². The summed E-state index contributed by atoms with van der Waals surface area (Å²) in [6, 6.07) is 0. The number of rotatable bonds is 4. The molecule has 0 spiro atoms. The molecule has 5 nitrogen and oxygen atoms in total. The van der Waals surface area contributed by atoms with Gasteiger partial charge < -0.3 is 15.4 Å². The number of methoxy groups -OCH3 is 1. The molecule has 108 valence electrons. The highest BCUT2D eigenvalue weighted by atomic mass is 35.5. The zero-order valence-corrected chi connectivity index (χ0v) is 12.6. The molecule has 0 bridgehead atoms. The van der Waals surface area contributed by atoms with Crippen LogP contribution < -0.4 is 5.73 Å². The van der Waals surface area contributed by atoms with E-state index in [4.69, 9.17) is 10.5 Å². The van der Waals surface area contributed by atoms with E-state index in [0.29, 0.717) is 18.8 Å². The molecule has 1 fully saturated rings. The predicted molar refractivity (Wildman–Crippen MR) is 78.1 cm³/mol. The van der Waals surface area contributed by atoms with Crippen LogP contribution in [0.3, 0.4) is 0 Å². The van der Waals surface area contributed by atoms with Crippen molar-refractivity contribution < 1.29 is 9.53 Å². The fraction of sp³-hybridized carbons (Fsp3) is 0.667. The van der Waals surface area contributed by atoms with Gasteiger partial charge in [0.15, 0.2) is 0 Å². The second kappa shape index (κ2) is 7.79. The summed E-state index contributed by atoms with van der Waals surface area (Å²) in [6.07, 6.45) is 2.91. The van der Waals surface area contributed by atoms with Crippen molar-refractivity contribution in [3.8, 4) is 0 Å². The van der Waals surface area contributed by atoms with Crippen molar-refractivity contribution in [1.29, 1.82) is 0 Å². The van der Waals surface area contributed by atoms with Crippen molar-refractivity contribution in [3.63, 3.8) is 0 Å². The normalized spacial score (nSPS) is 19.1. The number of piperidine rings is 1. The van der Waals surface area contributed by atoms with E-state index in [1.54, 1.807) is 7.11 Å². The highest BCUT2D eigenvalue weighted by Crippen LogP contribution is 2.17. The summed E-state index contributed by atoms with van der Waals surface area (Å²) in [5, 5.41) is 2.75. The molecule has 7 heteroatoms. The van der Waals surface area contributed by atoms with E-state index in [2.05, 4.69) is 4.98 Å². The molecule has 1 aromatic heterocycles. The van der Waals surface area contributed by atoms with Crippen LogP contribution in [0.2, 0.25) is 0 Å². The minimum atomic E-state index is 0. The molecular weight excluding hydrogens is 286 g/mol. The van der Waals surface area contributed by atoms with E-state index >= 15 is 0 Å². The Kier molecular flexibility index (Phi) is 6.71. The third-order valence-electron chi connectivity index (χ3n) is 3.13. The van der Waals surface area contributed by atoms with Gasteiger partial charge in [0, 0.05) is 32.0 Å². The average Bonchev–Trinajstić information content (AvgIpc) is 2.87. The maximum atomic E-state index is 12.3. The van der Waals surface area contributed by atoms with Gasteiger partial charge in [-0.2, -0.15) is 0 Å². The third kappa shape index (κ3) is 4.14. The standard InChI is InChI=1S/C12H19N3O2S.ClH/c1-17-9-3-2-6-15(7-9)12(16)10-8-18-11(14-10)4-5-13;/h8-9H,2-7,13H2,1H3;1H. The Morgan fingerprint density at radius 2 is 2.47 bits per heavy atom. The Balaban J connectivity index is 0.00000180. The van der Waals surface area contributed by atoms with Crippen molar-refractivity contribution >= 4 is 29.7 Å². The number of likely N-dealkylation sites (tertiary alicyclic amines) is 1. The fourth-order valence-corrected chi connectivity index (χ4v) is 2.91. The number of ether oxygens (including phenoxy) is 1. The quantitative estimate of drug-likeness (QED) is 0.911. The van der Waals surface area contributed by atoms with Gasteiger partial charge in [-0.05, 0) is 19.4 Å². The van der Waals surface area contributed by atoms with E-state index < -0.39 is 0 Å². The van der Waals surface area contributed by atoms with Gasteiger partial charge in [0.2, 0.25) is 0 Å². The lowest BCUT2D eigenvalue weighted by Gasteiger charge is -2.31. The summed E-state index contributed by atoms with van der Waals surface area (Å²) in [6.45, 7) is 2.03. The van der Waals surface area contributed by atoms with Gasteiger partial charge in [-0.25, -0.2) is 4.98 Å². The van der Waals surface area contributed by atoms with Crippen LogP contribution >= 0.6 is 23.7 Å². The Labute approximate surface area is 123 Å². The molecule has 1 aliphatic rings. The molecular formula is C12H20ClN3O2S. The highest BCUT2D eigenvalue weighted by Gasteiger charge is 2.25. The van der Waals surface area contributed by atoms with E-state index in [-0.39, 0.29) is 24.4 Å². The lowest BCUT2D eigenvalue weighted by Crippen LogP contribution is -2.43. The maximum Gasteiger partial charge on any atom is 0.273 e. The van der Waals surface area contributed by atoms with E-state index in [1.807, 2.05) is 10.3 Å². The molecule has 1 aliphatic heterocycles. The first-order valence-corrected chi connectivity index (χ1v) is 7.09. The topological polar surface area (TPSA) is 68.5 Å². The number of hydrogen-bond donors (Lipinski definition) is 1. The van der Waals surface area contributed by atoms with Crippen molar-refractivity contribution in [3.05, 3.63) is 16.1 Å². The van der Waals surface area contributed by atoms with Crippen LogP contribution in [0.25, 0.3) is 0 Å². The summed E-state index contributed by atoms with van der Waals surface area (Å²) in [4.78, 5) is 18.4. The van der Waals surface area contributed by atoms with Gasteiger partial charge in [0.1, 0.15) is 5.69 Å². The lowest BCUT2D eigenvalue weighted by molar-refractivity contribution is 0.0266. The number of halogens is 1. The van der Waals surface area contributed by atoms with Crippen LogP contribution in [-0.2, 0) is 11.2 Å². The summed E-state index contributed by atoms with van der Waals surface area (Å²) in [7, 11) is 1.70. The molecule has 1 aromatic rings. The van der Waals surface area contributed by atoms with Gasteiger partial charge >= 0.3 is 0 Å². The number of aromatic nitrogens is 1. The summed E-state index contributed by atoms with van der Waals surface area (Å²) < 4.78 is 5.32.